The molecule has 0 atom stereocenters. The van der Waals surface area contributed by atoms with Gasteiger partial charge in [0.1, 0.15) is 10.7 Å². The zero-order chi connectivity index (χ0) is 12.3. The monoisotopic (exact) mass is 251 g/mol. The van der Waals surface area contributed by atoms with Crippen LogP contribution in [0.3, 0.4) is 0 Å². The van der Waals surface area contributed by atoms with E-state index in [4.69, 9.17) is 11.6 Å². The number of hydrogen-bond donors (Lipinski definition) is 1. The number of esters is 1. The lowest BCUT2D eigenvalue weighted by molar-refractivity contribution is 0.0519. The molecule has 0 saturated heterocycles. The highest BCUT2D eigenvalue weighted by atomic mass is 35.5. The topological polar surface area (TPSA) is 59.2 Å². The molecule has 16 heavy (non-hydrogen) atoms. The van der Waals surface area contributed by atoms with Crippen molar-refractivity contribution in [2.24, 2.45) is 0 Å². The molecule has 0 bridgehead atoms. The van der Waals surface area contributed by atoms with Crippen LogP contribution < -0.4 is 5.43 Å². The quantitative estimate of drug-likeness (QED) is 0.838. The summed E-state index contributed by atoms with van der Waals surface area (Å²) in [6.45, 7) is 1.66. The highest BCUT2D eigenvalue weighted by molar-refractivity contribution is 6.33. The molecule has 0 fully saturated rings. The van der Waals surface area contributed by atoms with Gasteiger partial charge in [0.05, 0.1) is 12.2 Å². The number of hydrogen-bond acceptors (Lipinski definition) is 3. The van der Waals surface area contributed by atoms with Gasteiger partial charge in [0.2, 0.25) is 5.43 Å². The van der Waals surface area contributed by atoms with E-state index in [2.05, 4.69) is 9.72 Å². The Morgan fingerprint density at radius 2 is 2.25 bits per heavy atom. The first-order valence-corrected chi connectivity index (χ1v) is 4.73. The third kappa shape index (κ3) is 2.38. The van der Waals surface area contributed by atoms with Crippen LogP contribution in [0.15, 0.2) is 11.0 Å². The van der Waals surface area contributed by atoms with Crippen molar-refractivity contribution in [3.05, 3.63) is 32.7 Å². The molecule has 4 nitrogen and oxygen atoms in total. The van der Waals surface area contributed by atoms with E-state index in [1.54, 1.807) is 6.92 Å². The molecule has 0 spiro atoms. The molecule has 1 aromatic heterocycles. The molecule has 88 valence electrons. The fourth-order valence-electron chi connectivity index (χ4n) is 1.03. The molecular weight excluding hydrogens is 244 g/mol. The fraction of sp³-hybridized carbons (Fsp3) is 0.333. The summed E-state index contributed by atoms with van der Waals surface area (Å²) >= 11 is 5.50. The summed E-state index contributed by atoms with van der Waals surface area (Å²) in [5.41, 5.74) is -2.17. The van der Waals surface area contributed by atoms with E-state index in [9.17, 15) is 18.4 Å². The Bertz CT molecular complexity index is 459. The Morgan fingerprint density at radius 3 is 2.75 bits per heavy atom. The lowest BCUT2D eigenvalue weighted by atomic mass is 10.2. The summed E-state index contributed by atoms with van der Waals surface area (Å²) in [4.78, 5) is 24.8. The second-order valence-electron chi connectivity index (χ2n) is 2.78. The lowest BCUT2D eigenvalue weighted by Crippen LogP contribution is -2.17. The molecule has 0 amide bonds. The zero-order valence-corrected chi connectivity index (χ0v) is 8.98. The zero-order valence-electron chi connectivity index (χ0n) is 8.22. The van der Waals surface area contributed by atoms with Gasteiger partial charge in [0.15, 0.2) is 0 Å². The van der Waals surface area contributed by atoms with Crippen LogP contribution in [0.2, 0.25) is 5.02 Å². The molecule has 0 aliphatic carbocycles. The van der Waals surface area contributed by atoms with E-state index in [1.807, 2.05) is 0 Å². The average Bonchev–Trinajstić information content (AvgIpc) is 2.21. The number of aromatic amines is 1. The maximum Gasteiger partial charge on any atom is 0.356 e. The first-order valence-electron chi connectivity index (χ1n) is 4.35. The van der Waals surface area contributed by atoms with Gasteiger partial charge in [-0.2, -0.15) is 0 Å². The van der Waals surface area contributed by atoms with Gasteiger partial charge in [0.25, 0.3) is 6.43 Å². The van der Waals surface area contributed by atoms with Crippen molar-refractivity contribution in [2.75, 3.05) is 6.61 Å². The number of ether oxygens (including phenoxy) is 1. The normalized spacial score (nSPS) is 10.6. The third-order valence-electron chi connectivity index (χ3n) is 1.77. The van der Waals surface area contributed by atoms with Crippen molar-refractivity contribution in [1.29, 1.82) is 0 Å². The number of carbonyl (C=O) groups is 1. The maximum atomic E-state index is 12.3. The highest BCUT2D eigenvalue weighted by Crippen LogP contribution is 2.18. The molecule has 1 rings (SSSR count). The number of pyridine rings is 1. The average molecular weight is 252 g/mol. The van der Waals surface area contributed by atoms with E-state index in [1.165, 1.54) is 0 Å². The molecular formula is C9H8ClF2NO3. The Hall–Kier alpha value is -1.43. The molecule has 0 aliphatic heterocycles. The second-order valence-corrected chi connectivity index (χ2v) is 3.16. The van der Waals surface area contributed by atoms with Crippen LogP contribution in [0, 0.1) is 0 Å². The summed E-state index contributed by atoms with van der Waals surface area (Å²) in [5, 5.41) is -0.587. The Labute approximate surface area is 94.2 Å². The van der Waals surface area contributed by atoms with Crippen molar-refractivity contribution in [3.8, 4) is 0 Å². The fourth-order valence-corrected chi connectivity index (χ4v) is 1.27. The molecule has 0 saturated carbocycles. The minimum Gasteiger partial charge on any atom is -0.461 e. The van der Waals surface area contributed by atoms with Crippen molar-refractivity contribution < 1.29 is 18.3 Å². The molecule has 0 aromatic carbocycles. The summed E-state index contributed by atoms with van der Waals surface area (Å²) < 4.78 is 29.2. The number of H-pyrrole nitrogens is 1. The van der Waals surface area contributed by atoms with Gasteiger partial charge in [-0.05, 0) is 6.92 Å². The smallest absolute Gasteiger partial charge is 0.356 e. The van der Waals surface area contributed by atoms with Crippen LogP contribution in [-0.2, 0) is 4.74 Å². The van der Waals surface area contributed by atoms with E-state index in [-0.39, 0.29) is 12.3 Å². The predicted molar refractivity (Wildman–Crippen MR) is 53.0 cm³/mol. The Morgan fingerprint density at radius 1 is 1.62 bits per heavy atom. The highest BCUT2D eigenvalue weighted by Gasteiger charge is 2.20. The number of nitrogens with one attached hydrogen (secondary N) is 1. The van der Waals surface area contributed by atoms with Gasteiger partial charge < -0.3 is 9.72 Å². The van der Waals surface area contributed by atoms with Crippen LogP contribution in [-0.4, -0.2) is 17.6 Å². The number of rotatable bonds is 3. The van der Waals surface area contributed by atoms with Crippen LogP contribution in [0.5, 0.6) is 0 Å². The van der Waals surface area contributed by atoms with Crippen molar-refractivity contribution in [2.45, 2.75) is 13.3 Å². The molecule has 7 heteroatoms. The minimum absolute atomic E-state index is 0.0911. The second kappa shape index (κ2) is 5.07. The molecule has 0 radical (unpaired) electrons. The molecule has 0 aliphatic rings. The number of alkyl halides is 2. The first kappa shape index (κ1) is 12.6. The number of carbonyl (C=O) groups excluding carboxylic acids is 1. The van der Waals surface area contributed by atoms with Crippen LogP contribution in [0.4, 0.5) is 8.78 Å². The first-order chi connectivity index (χ1) is 7.49. The summed E-state index contributed by atoms with van der Waals surface area (Å²) in [6, 6.07) is 0. The maximum absolute atomic E-state index is 12.3. The van der Waals surface area contributed by atoms with E-state index in [0.29, 0.717) is 0 Å². The lowest BCUT2D eigenvalue weighted by Gasteiger charge is -2.05. The van der Waals surface area contributed by atoms with E-state index >= 15 is 0 Å². The molecule has 0 unspecified atom stereocenters. The van der Waals surface area contributed by atoms with Gasteiger partial charge >= 0.3 is 5.97 Å². The van der Waals surface area contributed by atoms with Crippen molar-refractivity contribution in [3.63, 3.8) is 0 Å². The van der Waals surface area contributed by atoms with Crippen molar-refractivity contribution in [1.82, 2.24) is 4.98 Å². The Balaban J connectivity index is 3.22. The standard InChI is InChI=1S/C9H8ClF2NO3/c1-2-16-9(15)6-5(10)7(14)4(3-13-6)8(11)12/h3,8H,2H2,1H3,(H,13,14). The Kier molecular flexibility index (Phi) is 4.00. The molecule has 1 N–H and O–H groups in total. The van der Waals surface area contributed by atoms with Gasteiger partial charge in [-0.3, -0.25) is 4.79 Å². The summed E-state index contributed by atoms with van der Waals surface area (Å²) in [6.07, 6.45) is -2.19. The summed E-state index contributed by atoms with van der Waals surface area (Å²) in [7, 11) is 0. The van der Waals surface area contributed by atoms with E-state index < -0.39 is 28.4 Å². The summed E-state index contributed by atoms with van der Waals surface area (Å²) in [5.74, 6) is -0.856. The third-order valence-corrected chi connectivity index (χ3v) is 2.13. The van der Waals surface area contributed by atoms with Gasteiger partial charge in [0, 0.05) is 6.20 Å². The van der Waals surface area contributed by atoms with Gasteiger partial charge in [-0.1, -0.05) is 11.6 Å². The van der Waals surface area contributed by atoms with Crippen LogP contribution in [0.25, 0.3) is 0 Å². The van der Waals surface area contributed by atoms with Crippen LogP contribution >= 0.6 is 11.6 Å². The van der Waals surface area contributed by atoms with Gasteiger partial charge in [-0.25, -0.2) is 13.6 Å². The van der Waals surface area contributed by atoms with Gasteiger partial charge in [-0.15, -0.1) is 0 Å². The number of aromatic nitrogens is 1. The van der Waals surface area contributed by atoms with E-state index in [0.717, 1.165) is 6.20 Å². The molecule has 1 heterocycles. The predicted octanol–water partition coefficient (Wildman–Crippen LogP) is 2.14. The minimum atomic E-state index is -2.95. The van der Waals surface area contributed by atoms with Crippen LogP contribution in [0.1, 0.15) is 29.4 Å². The number of halogens is 3. The molecule has 1 aromatic rings. The largest absolute Gasteiger partial charge is 0.461 e. The SMILES string of the molecule is CCOC(=O)c1[nH]cc(C(F)F)c(=O)c1Cl. The van der Waals surface area contributed by atoms with Crippen molar-refractivity contribution >= 4 is 17.6 Å².